The largest absolute Gasteiger partial charge is 0.398 e. The van der Waals surface area contributed by atoms with E-state index in [2.05, 4.69) is 0 Å². The molecule has 1 aliphatic rings. The van der Waals surface area contributed by atoms with Crippen LogP contribution in [0.4, 0.5) is 5.69 Å². The van der Waals surface area contributed by atoms with E-state index in [-0.39, 0.29) is 5.75 Å². The minimum absolute atomic E-state index is 0.178. The first-order valence-corrected chi connectivity index (χ1v) is 9.76. The van der Waals surface area contributed by atoms with Crippen LogP contribution in [0.3, 0.4) is 0 Å². The first-order chi connectivity index (χ1) is 9.44. The van der Waals surface area contributed by atoms with Crippen molar-refractivity contribution in [3.05, 3.63) is 28.8 Å². The summed E-state index contributed by atoms with van der Waals surface area (Å²) in [5.41, 5.74) is 7.33. The summed E-state index contributed by atoms with van der Waals surface area (Å²) < 4.78 is 24.4. The Morgan fingerprint density at radius 1 is 1.50 bits per heavy atom. The molecule has 0 saturated carbocycles. The Kier molecular flexibility index (Phi) is 5.23. The number of anilines is 1. The first kappa shape index (κ1) is 15.9. The molecule has 4 nitrogen and oxygen atoms in total. The summed E-state index contributed by atoms with van der Waals surface area (Å²) in [5, 5.41) is 0.129. The zero-order valence-electron chi connectivity index (χ0n) is 11.4. The molecule has 1 saturated heterocycles. The predicted octanol–water partition coefficient (Wildman–Crippen LogP) is 2.23. The normalized spacial score (nSPS) is 21.0. The second kappa shape index (κ2) is 6.56. The molecule has 1 fully saturated rings. The van der Waals surface area contributed by atoms with Crippen LogP contribution < -0.4 is 5.73 Å². The second-order valence-corrected chi connectivity index (χ2v) is 8.81. The maximum atomic E-state index is 12.2. The van der Waals surface area contributed by atoms with E-state index in [4.69, 9.17) is 17.3 Å². The topological polar surface area (TPSA) is 63.4 Å². The fourth-order valence-electron chi connectivity index (χ4n) is 2.25. The maximum Gasteiger partial charge on any atom is 0.166 e. The van der Waals surface area contributed by atoms with Gasteiger partial charge in [0.2, 0.25) is 0 Å². The van der Waals surface area contributed by atoms with Gasteiger partial charge < -0.3 is 5.73 Å². The minimum Gasteiger partial charge on any atom is -0.398 e. The molecule has 0 aliphatic carbocycles. The van der Waals surface area contributed by atoms with E-state index in [0.717, 1.165) is 17.9 Å². The highest BCUT2D eigenvalue weighted by Gasteiger charge is 2.32. The van der Waals surface area contributed by atoms with Gasteiger partial charge in [0.1, 0.15) is 5.37 Å². The van der Waals surface area contributed by atoms with Gasteiger partial charge in [0.15, 0.2) is 9.84 Å². The van der Waals surface area contributed by atoms with Crippen molar-refractivity contribution >= 4 is 38.9 Å². The molecule has 1 aromatic rings. The Morgan fingerprint density at radius 3 is 2.90 bits per heavy atom. The van der Waals surface area contributed by atoms with Crippen LogP contribution in [0.5, 0.6) is 0 Å². The van der Waals surface area contributed by atoms with E-state index in [9.17, 15) is 8.42 Å². The number of hydrogen-bond donors (Lipinski definition) is 1. The zero-order chi connectivity index (χ0) is 14.8. The molecule has 7 heteroatoms. The molecular weight excluding hydrogens is 316 g/mol. The fraction of sp³-hybridized carbons (Fsp3) is 0.538. The van der Waals surface area contributed by atoms with Crippen LogP contribution in [0.15, 0.2) is 18.2 Å². The standard InChI is InChI=1S/C13H19ClN2O2S2/c1-2-20(17,18)13-9-19-6-5-16(13)8-10-3-4-11(14)12(15)7-10/h3-4,7,13H,2,5-6,8-9,15H2,1H3. The van der Waals surface area contributed by atoms with E-state index in [0.29, 0.717) is 23.0 Å². The number of nitrogen functional groups attached to an aromatic ring is 1. The van der Waals surface area contributed by atoms with E-state index >= 15 is 0 Å². The van der Waals surface area contributed by atoms with Gasteiger partial charge in [0, 0.05) is 30.3 Å². The van der Waals surface area contributed by atoms with Crippen LogP contribution >= 0.6 is 23.4 Å². The quantitative estimate of drug-likeness (QED) is 0.855. The third kappa shape index (κ3) is 3.61. The van der Waals surface area contributed by atoms with Gasteiger partial charge in [-0.2, -0.15) is 11.8 Å². The van der Waals surface area contributed by atoms with Crippen LogP contribution in [-0.4, -0.2) is 42.5 Å². The van der Waals surface area contributed by atoms with Crippen LogP contribution in [0, 0.1) is 0 Å². The molecule has 20 heavy (non-hydrogen) atoms. The Balaban J connectivity index is 2.18. The van der Waals surface area contributed by atoms with Gasteiger partial charge in [-0.3, -0.25) is 4.90 Å². The SMILES string of the molecule is CCS(=O)(=O)C1CSCCN1Cc1ccc(Cl)c(N)c1. The molecule has 1 aromatic carbocycles. The molecule has 0 radical (unpaired) electrons. The lowest BCUT2D eigenvalue weighted by Crippen LogP contribution is -2.47. The number of thioether (sulfide) groups is 1. The second-order valence-electron chi connectivity index (χ2n) is 4.81. The van der Waals surface area contributed by atoms with E-state index in [1.54, 1.807) is 24.8 Å². The van der Waals surface area contributed by atoms with Crippen molar-refractivity contribution in [2.75, 3.05) is 29.5 Å². The number of sulfone groups is 1. The van der Waals surface area contributed by atoms with Gasteiger partial charge in [-0.15, -0.1) is 0 Å². The third-order valence-corrected chi connectivity index (χ3v) is 7.13. The molecule has 0 bridgehead atoms. The molecule has 1 atom stereocenters. The van der Waals surface area contributed by atoms with Gasteiger partial charge >= 0.3 is 0 Å². The molecule has 1 heterocycles. The summed E-state index contributed by atoms with van der Waals surface area (Å²) in [6.07, 6.45) is 0. The van der Waals surface area contributed by atoms with E-state index in [1.165, 1.54) is 0 Å². The Bertz CT molecular complexity index is 578. The highest BCUT2D eigenvalue weighted by molar-refractivity contribution is 8.01. The van der Waals surface area contributed by atoms with Crippen LogP contribution in [0.2, 0.25) is 5.02 Å². The molecule has 1 unspecified atom stereocenters. The molecule has 2 N–H and O–H groups in total. The van der Waals surface area contributed by atoms with Crippen molar-refractivity contribution in [1.29, 1.82) is 0 Å². The number of halogens is 1. The van der Waals surface area contributed by atoms with E-state index < -0.39 is 15.2 Å². The lowest BCUT2D eigenvalue weighted by Gasteiger charge is -2.34. The Labute approximate surface area is 129 Å². The van der Waals surface area contributed by atoms with Crippen molar-refractivity contribution < 1.29 is 8.42 Å². The van der Waals surface area contributed by atoms with E-state index in [1.807, 2.05) is 17.0 Å². The molecule has 2 rings (SSSR count). The molecule has 112 valence electrons. The predicted molar refractivity (Wildman–Crippen MR) is 86.8 cm³/mol. The Morgan fingerprint density at radius 2 is 2.25 bits per heavy atom. The summed E-state index contributed by atoms with van der Waals surface area (Å²) >= 11 is 7.61. The van der Waals surface area contributed by atoms with Crippen LogP contribution in [0.1, 0.15) is 12.5 Å². The lowest BCUT2D eigenvalue weighted by atomic mass is 10.2. The molecule has 0 spiro atoms. The number of benzene rings is 1. The number of hydrogen-bond acceptors (Lipinski definition) is 5. The lowest BCUT2D eigenvalue weighted by molar-refractivity contribution is 0.262. The molecule has 0 aromatic heterocycles. The average molecular weight is 335 g/mol. The van der Waals surface area contributed by atoms with Gasteiger partial charge in [0.05, 0.1) is 10.7 Å². The maximum absolute atomic E-state index is 12.2. The number of rotatable bonds is 4. The number of nitrogens with two attached hydrogens (primary N) is 1. The van der Waals surface area contributed by atoms with Crippen LogP contribution in [-0.2, 0) is 16.4 Å². The van der Waals surface area contributed by atoms with Crippen LogP contribution in [0.25, 0.3) is 0 Å². The smallest absolute Gasteiger partial charge is 0.166 e. The van der Waals surface area contributed by atoms with Crippen molar-refractivity contribution in [2.24, 2.45) is 0 Å². The van der Waals surface area contributed by atoms with Gasteiger partial charge in [-0.25, -0.2) is 8.42 Å². The fourth-order valence-corrected chi connectivity index (χ4v) is 5.44. The van der Waals surface area contributed by atoms with Crippen molar-refractivity contribution in [2.45, 2.75) is 18.8 Å². The highest BCUT2D eigenvalue weighted by Crippen LogP contribution is 2.25. The summed E-state index contributed by atoms with van der Waals surface area (Å²) in [4.78, 5) is 2.03. The molecular formula is C13H19ClN2O2S2. The summed E-state index contributed by atoms with van der Waals surface area (Å²) in [5.74, 6) is 1.77. The Hall–Kier alpha value is -0.430. The zero-order valence-corrected chi connectivity index (χ0v) is 13.8. The molecule has 1 aliphatic heterocycles. The van der Waals surface area contributed by atoms with Gasteiger partial charge in [-0.1, -0.05) is 24.6 Å². The summed E-state index contributed by atoms with van der Waals surface area (Å²) in [7, 11) is -3.06. The number of nitrogens with zero attached hydrogens (tertiary/aromatic N) is 1. The molecule has 0 amide bonds. The average Bonchev–Trinajstić information content (AvgIpc) is 2.43. The van der Waals surface area contributed by atoms with Gasteiger partial charge in [0.25, 0.3) is 0 Å². The first-order valence-electron chi connectivity index (χ1n) is 6.51. The van der Waals surface area contributed by atoms with Gasteiger partial charge in [-0.05, 0) is 17.7 Å². The third-order valence-electron chi connectivity index (χ3n) is 3.45. The minimum atomic E-state index is -3.06. The monoisotopic (exact) mass is 334 g/mol. The highest BCUT2D eigenvalue weighted by atomic mass is 35.5. The van der Waals surface area contributed by atoms with Crippen molar-refractivity contribution in [1.82, 2.24) is 4.90 Å². The summed E-state index contributed by atoms with van der Waals surface area (Å²) in [6.45, 7) is 3.07. The van der Waals surface area contributed by atoms with Crippen molar-refractivity contribution in [3.8, 4) is 0 Å². The van der Waals surface area contributed by atoms with Crippen molar-refractivity contribution in [3.63, 3.8) is 0 Å². The summed E-state index contributed by atoms with van der Waals surface area (Å²) in [6, 6.07) is 5.48.